The Bertz CT molecular complexity index is 1370. The van der Waals surface area contributed by atoms with E-state index in [9.17, 15) is 14.0 Å². The van der Waals surface area contributed by atoms with E-state index in [2.05, 4.69) is 20.3 Å². The average molecular weight is 435 g/mol. The summed E-state index contributed by atoms with van der Waals surface area (Å²) in [7, 11) is 0. The number of carbonyl (C=O) groups excluding carboxylic acids is 1. The zero-order valence-corrected chi connectivity index (χ0v) is 16.7. The summed E-state index contributed by atoms with van der Waals surface area (Å²) in [6.45, 7) is 0.862. The molecule has 2 aromatic carbocycles. The van der Waals surface area contributed by atoms with Crippen molar-refractivity contribution in [3.8, 4) is 11.1 Å². The molecule has 0 radical (unpaired) electrons. The fraction of sp³-hybridized carbons (Fsp3) is 0.190. The Morgan fingerprint density at radius 3 is 2.72 bits per heavy atom. The van der Waals surface area contributed by atoms with Crippen LogP contribution >= 0.6 is 0 Å². The van der Waals surface area contributed by atoms with Crippen LogP contribution in [0.4, 0.5) is 14.9 Å². The molecule has 5 rings (SSSR count). The predicted octanol–water partition coefficient (Wildman–Crippen LogP) is 1.65. The predicted molar refractivity (Wildman–Crippen MR) is 114 cm³/mol. The van der Waals surface area contributed by atoms with Crippen molar-refractivity contribution in [2.45, 2.75) is 12.6 Å². The van der Waals surface area contributed by atoms with E-state index in [1.165, 1.54) is 22.0 Å². The number of nitrogens with two attached hydrogens (primary N) is 1. The van der Waals surface area contributed by atoms with E-state index in [-0.39, 0.29) is 17.6 Å². The molecule has 0 spiro atoms. The second-order valence-electron chi connectivity index (χ2n) is 7.36. The minimum atomic E-state index is -0.533. The molecule has 3 heterocycles. The smallest absolute Gasteiger partial charge is 0.414 e. The first-order valence-electron chi connectivity index (χ1n) is 9.87. The van der Waals surface area contributed by atoms with Gasteiger partial charge in [0.25, 0.3) is 5.56 Å². The highest BCUT2D eigenvalue weighted by atomic mass is 19.1. The Morgan fingerprint density at radius 2 is 2.00 bits per heavy atom. The van der Waals surface area contributed by atoms with Crippen LogP contribution in [0.1, 0.15) is 5.56 Å². The zero-order chi connectivity index (χ0) is 22.2. The summed E-state index contributed by atoms with van der Waals surface area (Å²) < 4.78 is 21.5. The molecule has 1 aliphatic rings. The number of hydrogen-bond acceptors (Lipinski definition) is 7. The molecule has 1 aliphatic heterocycles. The first kappa shape index (κ1) is 19.8. The van der Waals surface area contributed by atoms with Gasteiger partial charge in [-0.2, -0.15) is 0 Å². The van der Waals surface area contributed by atoms with Gasteiger partial charge < -0.3 is 15.5 Å². The number of nitrogens with zero attached hydrogens (tertiary/aromatic N) is 5. The summed E-state index contributed by atoms with van der Waals surface area (Å²) in [5, 5.41) is 7.85. The number of nitrogens with one attached hydrogen (secondary N) is 1. The number of ether oxygens (including phenoxy) is 1. The van der Waals surface area contributed by atoms with E-state index in [1.54, 1.807) is 24.3 Å². The third-order valence-electron chi connectivity index (χ3n) is 5.31. The van der Waals surface area contributed by atoms with Crippen LogP contribution in [0, 0.1) is 5.82 Å². The van der Waals surface area contributed by atoms with Crippen LogP contribution in [0.3, 0.4) is 0 Å². The molecule has 1 atom stereocenters. The van der Waals surface area contributed by atoms with Crippen molar-refractivity contribution in [3.63, 3.8) is 0 Å². The molecule has 0 unspecified atom stereocenters. The van der Waals surface area contributed by atoms with Gasteiger partial charge in [0, 0.05) is 12.1 Å². The van der Waals surface area contributed by atoms with Gasteiger partial charge in [0.2, 0.25) is 0 Å². The first-order valence-corrected chi connectivity index (χ1v) is 9.87. The van der Waals surface area contributed by atoms with Gasteiger partial charge >= 0.3 is 6.09 Å². The van der Waals surface area contributed by atoms with Gasteiger partial charge in [-0.25, -0.2) is 18.9 Å². The molecule has 32 heavy (non-hydrogen) atoms. The maximum absolute atomic E-state index is 14.8. The Labute approximate surface area is 180 Å². The fourth-order valence-electron chi connectivity index (χ4n) is 3.63. The Morgan fingerprint density at radius 1 is 1.19 bits per heavy atom. The number of benzene rings is 2. The van der Waals surface area contributed by atoms with Gasteiger partial charge in [0.05, 0.1) is 25.1 Å². The Balaban J connectivity index is 1.36. The number of halogens is 1. The van der Waals surface area contributed by atoms with Crippen molar-refractivity contribution in [2.75, 3.05) is 18.0 Å². The molecule has 2 aromatic heterocycles. The quantitative estimate of drug-likeness (QED) is 0.487. The molecule has 0 aliphatic carbocycles. The van der Waals surface area contributed by atoms with E-state index in [0.29, 0.717) is 35.6 Å². The molecule has 10 nitrogen and oxygen atoms in total. The zero-order valence-electron chi connectivity index (χ0n) is 16.7. The lowest BCUT2D eigenvalue weighted by atomic mass is 10.0. The van der Waals surface area contributed by atoms with Crippen LogP contribution in [0.2, 0.25) is 0 Å². The van der Waals surface area contributed by atoms with E-state index < -0.39 is 18.0 Å². The normalized spacial score (nSPS) is 16.0. The van der Waals surface area contributed by atoms with E-state index in [4.69, 9.17) is 10.5 Å². The third kappa shape index (κ3) is 3.48. The van der Waals surface area contributed by atoms with Crippen LogP contribution in [0.5, 0.6) is 0 Å². The van der Waals surface area contributed by atoms with Crippen molar-refractivity contribution in [3.05, 3.63) is 70.5 Å². The summed E-state index contributed by atoms with van der Waals surface area (Å²) in [6, 6.07) is 11.9. The number of fused-ring (bicyclic) bond motifs is 1. The molecule has 4 aromatic rings. The average Bonchev–Trinajstić information content (AvgIpc) is 3.38. The number of anilines is 1. The largest absolute Gasteiger partial charge is 0.443 e. The SMILES string of the molecule is NC[C@H]1CN(c2ccc(-c3ccc(Cn4nnc5c(=O)[nH]cnc54)cc3)c(F)c2)C(=O)O1. The van der Waals surface area contributed by atoms with Gasteiger partial charge in [-0.15, -0.1) is 5.10 Å². The lowest BCUT2D eigenvalue weighted by molar-refractivity contribution is 0.145. The van der Waals surface area contributed by atoms with Crippen molar-refractivity contribution in [1.82, 2.24) is 25.0 Å². The minimum absolute atomic E-state index is 0.172. The van der Waals surface area contributed by atoms with E-state index in [1.807, 2.05) is 12.1 Å². The highest BCUT2D eigenvalue weighted by Gasteiger charge is 2.31. The van der Waals surface area contributed by atoms with Crippen LogP contribution in [-0.2, 0) is 11.3 Å². The van der Waals surface area contributed by atoms with Crippen LogP contribution in [0.25, 0.3) is 22.3 Å². The highest BCUT2D eigenvalue weighted by molar-refractivity contribution is 5.90. The summed E-state index contributed by atoms with van der Waals surface area (Å²) in [6.07, 6.45) is 0.375. The van der Waals surface area contributed by atoms with Crippen molar-refractivity contribution < 1.29 is 13.9 Å². The molecule has 162 valence electrons. The molecule has 0 bridgehead atoms. The van der Waals surface area contributed by atoms with E-state index >= 15 is 0 Å². The molecule has 1 amide bonds. The maximum Gasteiger partial charge on any atom is 0.414 e. The topological polar surface area (TPSA) is 132 Å². The number of H-pyrrole nitrogens is 1. The van der Waals surface area contributed by atoms with Crippen molar-refractivity contribution >= 4 is 22.9 Å². The summed E-state index contributed by atoms with van der Waals surface area (Å²) in [5.74, 6) is -0.454. The first-order chi connectivity index (χ1) is 15.5. The second-order valence-corrected chi connectivity index (χ2v) is 7.36. The van der Waals surface area contributed by atoms with Gasteiger partial charge in [-0.1, -0.05) is 29.5 Å². The van der Waals surface area contributed by atoms with Crippen LogP contribution < -0.4 is 16.2 Å². The van der Waals surface area contributed by atoms with Gasteiger partial charge in [-0.05, 0) is 29.3 Å². The lowest BCUT2D eigenvalue weighted by Crippen LogP contribution is -2.27. The number of carbonyl (C=O) groups is 1. The monoisotopic (exact) mass is 435 g/mol. The molecule has 1 fully saturated rings. The summed E-state index contributed by atoms with van der Waals surface area (Å²) in [5.41, 5.74) is 8.14. The Hall–Kier alpha value is -4.12. The molecule has 3 N–H and O–H groups in total. The number of rotatable bonds is 5. The standard InChI is InChI=1S/C21H18FN7O3/c22-17-7-14(28-10-15(8-23)32-21(28)31)5-6-16(17)13-3-1-12(2-4-13)9-29-19-18(26-27-29)20(30)25-11-24-19/h1-7,11,15H,8-10,23H2,(H,24,25,30)/t15-/m0/s1. The van der Waals surface area contributed by atoms with Crippen LogP contribution in [0.15, 0.2) is 53.6 Å². The second kappa shape index (κ2) is 7.85. The lowest BCUT2D eigenvalue weighted by Gasteiger charge is -2.14. The molecule has 0 saturated carbocycles. The molecular weight excluding hydrogens is 417 g/mol. The number of cyclic esters (lactones) is 1. The van der Waals surface area contributed by atoms with Gasteiger partial charge in [0.15, 0.2) is 11.2 Å². The summed E-state index contributed by atoms with van der Waals surface area (Å²) >= 11 is 0. The van der Waals surface area contributed by atoms with Crippen molar-refractivity contribution in [2.24, 2.45) is 5.73 Å². The maximum atomic E-state index is 14.8. The molecular formula is C21H18FN7O3. The Kier molecular flexibility index (Phi) is 4.86. The van der Waals surface area contributed by atoms with Gasteiger partial charge in [0.1, 0.15) is 11.9 Å². The number of hydrogen-bond donors (Lipinski definition) is 2. The molecule has 11 heteroatoms. The van der Waals surface area contributed by atoms with Crippen molar-refractivity contribution in [1.29, 1.82) is 0 Å². The highest BCUT2D eigenvalue weighted by Crippen LogP contribution is 2.29. The fourth-order valence-corrected chi connectivity index (χ4v) is 3.63. The molecule has 1 saturated heterocycles. The van der Waals surface area contributed by atoms with E-state index in [0.717, 1.165) is 5.56 Å². The third-order valence-corrected chi connectivity index (χ3v) is 5.31. The number of aromatic nitrogens is 5. The number of aromatic amines is 1. The van der Waals surface area contributed by atoms with Crippen LogP contribution in [-0.4, -0.2) is 50.2 Å². The van der Waals surface area contributed by atoms with Gasteiger partial charge in [-0.3, -0.25) is 9.69 Å². The summed E-state index contributed by atoms with van der Waals surface area (Å²) in [4.78, 5) is 31.7. The minimum Gasteiger partial charge on any atom is -0.443 e. The number of amides is 1.